The average Bonchev–Trinajstić information content (AvgIpc) is 3.06. The van der Waals surface area contributed by atoms with E-state index in [1.807, 2.05) is 22.8 Å². The van der Waals surface area contributed by atoms with Crippen LogP contribution in [0.25, 0.3) is 16.9 Å². The van der Waals surface area contributed by atoms with Crippen LogP contribution < -0.4 is 0 Å². The summed E-state index contributed by atoms with van der Waals surface area (Å²) in [5.41, 5.74) is 4.47. The number of imidazole rings is 1. The van der Waals surface area contributed by atoms with Gasteiger partial charge in [-0.25, -0.2) is 9.50 Å². The van der Waals surface area contributed by atoms with Crippen molar-refractivity contribution in [3.05, 3.63) is 54.4 Å². The predicted octanol–water partition coefficient (Wildman–Crippen LogP) is 3.94. The summed E-state index contributed by atoms with van der Waals surface area (Å²) in [6, 6.07) is 13.2. The lowest BCUT2D eigenvalue weighted by molar-refractivity contribution is 0.175. The molecule has 0 radical (unpaired) electrons. The van der Waals surface area contributed by atoms with Crippen molar-refractivity contribution in [2.75, 3.05) is 13.1 Å². The van der Waals surface area contributed by atoms with Crippen molar-refractivity contribution >= 4 is 5.65 Å². The Hall–Kier alpha value is -2.20. The Morgan fingerprint density at radius 3 is 2.57 bits per heavy atom. The molecule has 0 saturated carbocycles. The highest BCUT2D eigenvalue weighted by molar-refractivity contribution is 5.63. The molecule has 118 valence electrons. The van der Waals surface area contributed by atoms with E-state index in [-0.39, 0.29) is 0 Å². The highest BCUT2D eigenvalue weighted by atomic mass is 15.2. The molecule has 1 saturated heterocycles. The molecule has 0 amide bonds. The molecule has 1 aliphatic rings. The maximum absolute atomic E-state index is 4.42. The first-order valence-electron chi connectivity index (χ1n) is 8.46. The minimum absolute atomic E-state index is 0.490. The quantitative estimate of drug-likeness (QED) is 0.735. The van der Waals surface area contributed by atoms with Crippen LogP contribution in [-0.4, -0.2) is 32.6 Å². The second-order valence-corrected chi connectivity index (χ2v) is 6.33. The van der Waals surface area contributed by atoms with E-state index in [1.54, 1.807) is 6.20 Å². The Morgan fingerprint density at radius 1 is 1.00 bits per heavy atom. The molecular formula is C19H22N4. The fourth-order valence-corrected chi connectivity index (χ4v) is 3.48. The summed E-state index contributed by atoms with van der Waals surface area (Å²) < 4.78 is 1.89. The maximum atomic E-state index is 4.42. The Morgan fingerprint density at radius 2 is 1.78 bits per heavy atom. The van der Waals surface area contributed by atoms with Crippen LogP contribution in [0.2, 0.25) is 0 Å². The first-order valence-corrected chi connectivity index (χ1v) is 8.46. The molecule has 0 bridgehead atoms. The van der Waals surface area contributed by atoms with Gasteiger partial charge in [0, 0.05) is 17.8 Å². The van der Waals surface area contributed by atoms with Gasteiger partial charge in [0.1, 0.15) is 0 Å². The van der Waals surface area contributed by atoms with Crippen molar-refractivity contribution in [2.45, 2.75) is 32.2 Å². The SMILES string of the molecule is C[C@H](c1ccc(-c2cnc3cccnn23)cc1)N1CCCCC1. The number of aromatic nitrogens is 3. The average molecular weight is 306 g/mol. The van der Waals surface area contributed by atoms with Gasteiger partial charge >= 0.3 is 0 Å². The van der Waals surface area contributed by atoms with Crippen LogP contribution in [0.4, 0.5) is 0 Å². The van der Waals surface area contributed by atoms with Gasteiger partial charge in [0.05, 0.1) is 11.9 Å². The molecule has 1 atom stereocenters. The summed E-state index contributed by atoms with van der Waals surface area (Å²) in [5, 5.41) is 4.39. The predicted molar refractivity (Wildman–Crippen MR) is 92.3 cm³/mol. The molecule has 2 aromatic heterocycles. The molecule has 4 heteroatoms. The maximum Gasteiger partial charge on any atom is 0.154 e. The van der Waals surface area contributed by atoms with Crippen molar-refractivity contribution in [1.29, 1.82) is 0 Å². The molecule has 3 aromatic rings. The van der Waals surface area contributed by atoms with E-state index in [9.17, 15) is 0 Å². The number of benzene rings is 1. The zero-order chi connectivity index (χ0) is 15.6. The molecule has 1 fully saturated rings. The van der Waals surface area contributed by atoms with Crippen molar-refractivity contribution < 1.29 is 0 Å². The van der Waals surface area contributed by atoms with Crippen LogP contribution in [0, 0.1) is 0 Å². The van der Waals surface area contributed by atoms with Crippen LogP contribution in [0.3, 0.4) is 0 Å². The van der Waals surface area contributed by atoms with Crippen molar-refractivity contribution in [3.8, 4) is 11.3 Å². The summed E-state index contributed by atoms with van der Waals surface area (Å²) in [6.45, 7) is 4.76. The molecule has 23 heavy (non-hydrogen) atoms. The number of likely N-dealkylation sites (tertiary alicyclic amines) is 1. The van der Waals surface area contributed by atoms with Gasteiger partial charge in [-0.3, -0.25) is 4.90 Å². The third kappa shape index (κ3) is 2.75. The second-order valence-electron chi connectivity index (χ2n) is 6.33. The Balaban J connectivity index is 1.60. The van der Waals surface area contributed by atoms with E-state index >= 15 is 0 Å². The summed E-state index contributed by atoms with van der Waals surface area (Å²) >= 11 is 0. The Bertz CT molecular complexity index is 784. The lowest BCUT2D eigenvalue weighted by atomic mass is 10.0. The van der Waals surface area contributed by atoms with Gasteiger partial charge in [0.15, 0.2) is 5.65 Å². The van der Waals surface area contributed by atoms with Crippen molar-refractivity contribution in [3.63, 3.8) is 0 Å². The van der Waals surface area contributed by atoms with Gasteiger partial charge in [-0.1, -0.05) is 30.7 Å². The topological polar surface area (TPSA) is 33.4 Å². The highest BCUT2D eigenvalue weighted by Gasteiger charge is 2.18. The summed E-state index contributed by atoms with van der Waals surface area (Å²) in [7, 11) is 0. The summed E-state index contributed by atoms with van der Waals surface area (Å²) in [4.78, 5) is 7.01. The molecule has 0 spiro atoms. The number of piperidine rings is 1. The zero-order valence-corrected chi connectivity index (χ0v) is 13.5. The summed E-state index contributed by atoms with van der Waals surface area (Å²) in [5.74, 6) is 0. The van der Waals surface area contributed by atoms with Crippen LogP contribution in [0.15, 0.2) is 48.8 Å². The highest BCUT2D eigenvalue weighted by Crippen LogP contribution is 2.27. The van der Waals surface area contributed by atoms with Gasteiger partial charge in [-0.15, -0.1) is 0 Å². The fourth-order valence-electron chi connectivity index (χ4n) is 3.48. The number of fused-ring (bicyclic) bond motifs is 1. The van der Waals surface area contributed by atoms with Gasteiger partial charge in [-0.05, 0) is 50.6 Å². The number of nitrogens with zero attached hydrogens (tertiary/aromatic N) is 4. The number of hydrogen-bond acceptors (Lipinski definition) is 3. The normalized spacial score (nSPS) is 17.4. The van der Waals surface area contributed by atoms with Crippen LogP contribution >= 0.6 is 0 Å². The van der Waals surface area contributed by atoms with Crippen LogP contribution in [-0.2, 0) is 0 Å². The van der Waals surface area contributed by atoms with Crippen molar-refractivity contribution in [2.24, 2.45) is 0 Å². The third-order valence-corrected chi connectivity index (χ3v) is 4.91. The van der Waals surface area contributed by atoms with Crippen molar-refractivity contribution in [1.82, 2.24) is 19.5 Å². The molecule has 4 nitrogen and oxygen atoms in total. The van der Waals surface area contributed by atoms with E-state index in [4.69, 9.17) is 0 Å². The minimum Gasteiger partial charge on any atom is -0.297 e. The molecule has 3 heterocycles. The number of rotatable bonds is 3. The zero-order valence-electron chi connectivity index (χ0n) is 13.5. The molecular weight excluding hydrogens is 284 g/mol. The van der Waals surface area contributed by atoms with Gasteiger partial charge in [-0.2, -0.15) is 5.10 Å². The minimum atomic E-state index is 0.490. The first-order chi connectivity index (χ1) is 11.3. The lowest BCUT2D eigenvalue weighted by Gasteiger charge is -2.32. The summed E-state index contributed by atoms with van der Waals surface area (Å²) in [6.07, 6.45) is 7.73. The molecule has 4 rings (SSSR count). The van der Waals surface area contributed by atoms with Gasteiger partial charge < -0.3 is 0 Å². The van der Waals surface area contributed by atoms with E-state index < -0.39 is 0 Å². The Kier molecular flexibility index (Phi) is 3.83. The van der Waals surface area contributed by atoms with E-state index in [0.29, 0.717) is 6.04 Å². The standard InChI is InChI=1S/C19H22N4/c1-15(22-12-3-2-4-13-22)16-7-9-17(10-8-16)18-14-20-19-6-5-11-21-23(18)19/h5-11,14-15H,2-4,12-13H2,1H3/t15-/m1/s1. The lowest BCUT2D eigenvalue weighted by Crippen LogP contribution is -2.32. The largest absolute Gasteiger partial charge is 0.297 e. The molecule has 0 unspecified atom stereocenters. The first kappa shape index (κ1) is 14.4. The molecule has 0 aliphatic carbocycles. The van der Waals surface area contributed by atoms with Crippen LogP contribution in [0.1, 0.15) is 37.8 Å². The second kappa shape index (κ2) is 6.13. The third-order valence-electron chi connectivity index (χ3n) is 4.91. The van der Waals surface area contributed by atoms with E-state index in [2.05, 4.69) is 46.2 Å². The van der Waals surface area contributed by atoms with Gasteiger partial charge in [0.25, 0.3) is 0 Å². The smallest absolute Gasteiger partial charge is 0.154 e. The monoisotopic (exact) mass is 306 g/mol. The van der Waals surface area contributed by atoms with Gasteiger partial charge in [0.2, 0.25) is 0 Å². The number of hydrogen-bond donors (Lipinski definition) is 0. The fraction of sp³-hybridized carbons (Fsp3) is 0.368. The van der Waals surface area contributed by atoms with E-state index in [1.165, 1.54) is 37.9 Å². The molecule has 0 N–H and O–H groups in total. The van der Waals surface area contributed by atoms with E-state index in [0.717, 1.165) is 16.9 Å². The Labute approximate surface area is 136 Å². The molecule has 1 aliphatic heterocycles. The van der Waals surface area contributed by atoms with Crippen LogP contribution in [0.5, 0.6) is 0 Å². The molecule has 1 aromatic carbocycles.